The van der Waals surface area contributed by atoms with Gasteiger partial charge in [0.15, 0.2) is 0 Å². The summed E-state index contributed by atoms with van der Waals surface area (Å²) in [5.41, 5.74) is 2.64. The average Bonchev–Trinajstić information content (AvgIpc) is 2.48. The Morgan fingerprint density at radius 3 is 2.81 bits per heavy atom. The zero-order valence-corrected chi connectivity index (χ0v) is 13.2. The lowest BCUT2D eigenvalue weighted by atomic mass is 9.93. The topological polar surface area (TPSA) is 20.3 Å². The van der Waals surface area contributed by atoms with E-state index in [4.69, 9.17) is 0 Å². The summed E-state index contributed by atoms with van der Waals surface area (Å²) < 4.78 is 13.6. The molecule has 0 spiro atoms. The summed E-state index contributed by atoms with van der Waals surface area (Å²) in [4.78, 5) is 14.5. The molecule has 0 saturated heterocycles. The fraction of sp³-hybridized carbons (Fsp3) is 0.235. The fourth-order valence-corrected chi connectivity index (χ4v) is 3.15. The molecule has 1 atom stereocenters. The Hall–Kier alpha value is -1.68. The van der Waals surface area contributed by atoms with Gasteiger partial charge in [0.25, 0.3) is 5.91 Å². The predicted molar refractivity (Wildman–Crippen MR) is 85.1 cm³/mol. The van der Waals surface area contributed by atoms with E-state index in [1.54, 1.807) is 11.0 Å². The molecule has 1 aliphatic heterocycles. The van der Waals surface area contributed by atoms with Crippen LogP contribution in [0.5, 0.6) is 0 Å². The van der Waals surface area contributed by atoms with E-state index in [9.17, 15) is 9.18 Å². The third-order valence-electron chi connectivity index (χ3n) is 3.76. The van der Waals surface area contributed by atoms with Crippen molar-refractivity contribution in [2.24, 2.45) is 5.92 Å². The average molecular weight is 348 g/mol. The van der Waals surface area contributed by atoms with Crippen molar-refractivity contribution in [3.63, 3.8) is 0 Å². The molecule has 21 heavy (non-hydrogen) atoms. The Labute approximate surface area is 131 Å². The molecule has 1 unspecified atom stereocenters. The first-order chi connectivity index (χ1) is 10.1. The van der Waals surface area contributed by atoms with Gasteiger partial charge in [0.1, 0.15) is 5.82 Å². The van der Waals surface area contributed by atoms with Gasteiger partial charge in [-0.05, 0) is 58.1 Å². The van der Waals surface area contributed by atoms with Crippen LogP contribution in [0.15, 0.2) is 46.9 Å². The van der Waals surface area contributed by atoms with E-state index in [-0.39, 0.29) is 11.7 Å². The number of amides is 1. The first-order valence-corrected chi connectivity index (χ1v) is 7.70. The number of rotatable bonds is 1. The standard InChI is InChI=1S/C17H15BrFNO/c1-11-8-12-4-2-3-5-16(12)20(10-11)17(21)13-6-7-15(19)14(18)9-13/h2-7,9,11H,8,10H2,1H3. The van der Waals surface area contributed by atoms with E-state index < -0.39 is 0 Å². The SMILES string of the molecule is CC1Cc2ccccc2N(C(=O)c2ccc(F)c(Br)c2)C1. The van der Waals surface area contributed by atoms with Crippen LogP contribution in [-0.2, 0) is 6.42 Å². The second-order valence-corrected chi connectivity index (χ2v) is 6.34. The second kappa shape index (κ2) is 5.60. The number of hydrogen-bond donors (Lipinski definition) is 0. The molecule has 2 nitrogen and oxygen atoms in total. The van der Waals surface area contributed by atoms with Gasteiger partial charge in [-0.2, -0.15) is 0 Å². The molecule has 0 bridgehead atoms. The number of carbonyl (C=O) groups excluding carboxylic acids is 1. The number of para-hydroxylation sites is 1. The quantitative estimate of drug-likeness (QED) is 0.747. The van der Waals surface area contributed by atoms with Crippen molar-refractivity contribution in [3.05, 3.63) is 63.9 Å². The van der Waals surface area contributed by atoms with Crippen LogP contribution >= 0.6 is 15.9 Å². The summed E-state index contributed by atoms with van der Waals surface area (Å²) in [6.07, 6.45) is 0.979. The van der Waals surface area contributed by atoms with Gasteiger partial charge in [-0.1, -0.05) is 25.1 Å². The smallest absolute Gasteiger partial charge is 0.258 e. The molecule has 2 aromatic rings. The van der Waals surface area contributed by atoms with Crippen LogP contribution in [0.25, 0.3) is 0 Å². The molecule has 0 saturated carbocycles. The van der Waals surface area contributed by atoms with E-state index in [1.807, 2.05) is 18.2 Å². The Balaban J connectivity index is 1.99. The van der Waals surface area contributed by atoms with Crippen LogP contribution in [0.2, 0.25) is 0 Å². The van der Waals surface area contributed by atoms with Crippen LogP contribution in [0, 0.1) is 11.7 Å². The molecule has 0 aliphatic carbocycles. The van der Waals surface area contributed by atoms with Gasteiger partial charge in [0.05, 0.1) is 4.47 Å². The molecule has 3 rings (SSSR count). The number of halogens is 2. The van der Waals surface area contributed by atoms with E-state index in [0.717, 1.165) is 12.1 Å². The molecule has 4 heteroatoms. The first-order valence-electron chi connectivity index (χ1n) is 6.91. The highest BCUT2D eigenvalue weighted by Crippen LogP contribution is 2.31. The van der Waals surface area contributed by atoms with Crippen molar-refractivity contribution < 1.29 is 9.18 Å². The zero-order valence-electron chi connectivity index (χ0n) is 11.6. The van der Waals surface area contributed by atoms with Crippen molar-refractivity contribution in [2.75, 3.05) is 11.4 Å². The number of benzene rings is 2. The van der Waals surface area contributed by atoms with Crippen LogP contribution in [0.3, 0.4) is 0 Å². The Morgan fingerprint density at radius 1 is 1.29 bits per heavy atom. The van der Waals surface area contributed by atoms with E-state index >= 15 is 0 Å². The van der Waals surface area contributed by atoms with Crippen molar-refractivity contribution >= 4 is 27.5 Å². The third-order valence-corrected chi connectivity index (χ3v) is 4.36. The minimum Gasteiger partial charge on any atom is -0.308 e. The summed E-state index contributed by atoms with van der Waals surface area (Å²) in [6, 6.07) is 12.4. The molecule has 0 aromatic heterocycles. The van der Waals surface area contributed by atoms with Gasteiger partial charge in [0.2, 0.25) is 0 Å². The maximum Gasteiger partial charge on any atom is 0.258 e. The van der Waals surface area contributed by atoms with Crippen LogP contribution in [0.4, 0.5) is 10.1 Å². The van der Waals surface area contributed by atoms with Crippen molar-refractivity contribution in [3.8, 4) is 0 Å². The summed E-state index contributed by atoms with van der Waals surface area (Å²) in [7, 11) is 0. The highest BCUT2D eigenvalue weighted by Gasteiger charge is 2.27. The minimum absolute atomic E-state index is 0.0882. The first kappa shape index (κ1) is 14.3. The molecule has 108 valence electrons. The summed E-state index contributed by atoms with van der Waals surface area (Å²) in [6.45, 7) is 2.82. The molecule has 1 heterocycles. The summed E-state index contributed by atoms with van der Waals surface area (Å²) in [5, 5.41) is 0. The molecule has 2 aromatic carbocycles. The molecular weight excluding hydrogens is 333 g/mol. The number of anilines is 1. The molecule has 0 N–H and O–H groups in total. The van der Waals surface area contributed by atoms with Gasteiger partial charge in [-0.25, -0.2) is 4.39 Å². The van der Waals surface area contributed by atoms with E-state index in [2.05, 4.69) is 28.9 Å². The predicted octanol–water partition coefficient (Wildman–Crippen LogP) is 4.43. The maximum atomic E-state index is 13.3. The molecule has 1 amide bonds. The Kier molecular flexibility index (Phi) is 3.81. The number of fused-ring (bicyclic) bond motifs is 1. The van der Waals surface area contributed by atoms with Crippen LogP contribution < -0.4 is 4.90 Å². The van der Waals surface area contributed by atoms with Gasteiger partial charge in [0, 0.05) is 17.8 Å². The second-order valence-electron chi connectivity index (χ2n) is 5.48. The van der Waals surface area contributed by atoms with Gasteiger partial charge < -0.3 is 4.90 Å². The lowest BCUT2D eigenvalue weighted by Crippen LogP contribution is -2.39. The van der Waals surface area contributed by atoms with E-state index in [0.29, 0.717) is 22.5 Å². The number of hydrogen-bond acceptors (Lipinski definition) is 1. The molecule has 1 aliphatic rings. The normalized spacial score (nSPS) is 17.5. The van der Waals surface area contributed by atoms with Crippen LogP contribution in [0.1, 0.15) is 22.8 Å². The molecule has 0 fully saturated rings. The van der Waals surface area contributed by atoms with Gasteiger partial charge in [-0.15, -0.1) is 0 Å². The third kappa shape index (κ3) is 2.72. The zero-order chi connectivity index (χ0) is 15.0. The lowest BCUT2D eigenvalue weighted by Gasteiger charge is -2.33. The van der Waals surface area contributed by atoms with Crippen molar-refractivity contribution in [1.29, 1.82) is 0 Å². The maximum absolute atomic E-state index is 13.3. The highest BCUT2D eigenvalue weighted by atomic mass is 79.9. The molecular formula is C17H15BrFNO. The Morgan fingerprint density at radius 2 is 2.05 bits per heavy atom. The monoisotopic (exact) mass is 347 g/mol. The number of carbonyl (C=O) groups is 1. The van der Waals surface area contributed by atoms with E-state index in [1.165, 1.54) is 17.7 Å². The van der Waals surface area contributed by atoms with Crippen LogP contribution in [-0.4, -0.2) is 12.5 Å². The fourth-order valence-electron chi connectivity index (χ4n) is 2.77. The van der Waals surface area contributed by atoms with Crippen molar-refractivity contribution in [1.82, 2.24) is 0 Å². The minimum atomic E-state index is -0.362. The van der Waals surface area contributed by atoms with Crippen molar-refractivity contribution in [2.45, 2.75) is 13.3 Å². The highest BCUT2D eigenvalue weighted by molar-refractivity contribution is 9.10. The number of nitrogens with zero attached hydrogens (tertiary/aromatic N) is 1. The summed E-state index contributed by atoms with van der Waals surface area (Å²) >= 11 is 3.14. The Bertz CT molecular complexity index is 701. The largest absolute Gasteiger partial charge is 0.308 e. The lowest BCUT2D eigenvalue weighted by molar-refractivity contribution is 0.0981. The van der Waals surface area contributed by atoms with Gasteiger partial charge in [-0.3, -0.25) is 4.79 Å². The molecule has 0 radical (unpaired) electrons. The van der Waals surface area contributed by atoms with Gasteiger partial charge >= 0.3 is 0 Å². The summed E-state index contributed by atoms with van der Waals surface area (Å²) in [5.74, 6) is -0.0404.